The van der Waals surface area contributed by atoms with E-state index in [1.807, 2.05) is 41.2 Å². The highest BCUT2D eigenvalue weighted by atomic mass is 16.2. The molecule has 0 aliphatic rings. The van der Waals surface area contributed by atoms with E-state index < -0.39 is 0 Å². The summed E-state index contributed by atoms with van der Waals surface area (Å²) in [6, 6.07) is 18.2. The van der Waals surface area contributed by atoms with Crippen LogP contribution in [-0.4, -0.2) is 55.6 Å². The van der Waals surface area contributed by atoms with E-state index in [4.69, 9.17) is 0 Å². The zero-order chi connectivity index (χ0) is 23.2. The Bertz CT molecular complexity index is 1230. The van der Waals surface area contributed by atoms with Crippen molar-refractivity contribution in [2.75, 3.05) is 14.1 Å². The summed E-state index contributed by atoms with van der Waals surface area (Å²) < 4.78 is 3.24. The number of carbonyl (C=O) groups is 2. The molecule has 0 aliphatic heterocycles. The van der Waals surface area contributed by atoms with Crippen molar-refractivity contribution in [1.29, 1.82) is 0 Å². The van der Waals surface area contributed by atoms with Gasteiger partial charge >= 0.3 is 0 Å². The maximum atomic E-state index is 12.6. The number of rotatable bonds is 8. The van der Waals surface area contributed by atoms with Gasteiger partial charge in [-0.15, -0.1) is 5.10 Å². The van der Waals surface area contributed by atoms with E-state index in [0.717, 1.165) is 22.3 Å². The van der Waals surface area contributed by atoms with Gasteiger partial charge in [0.1, 0.15) is 6.54 Å². The molecule has 0 bridgehead atoms. The van der Waals surface area contributed by atoms with Gasteiger partial charge in [-0.3, -0.25) is 14.3 Å². The summed E-state index contributed by atoms with van der Waals surface area (Å²) in [4.78, 5) is 25.8. The highest BCUT2D eigenvalue weighted by Crippen LogP contribution is 2.24. The molecule has 0 unspecified atom stereocenters. The molecular weight excluding hydrogens is 418 g/mol. The topological polar surface area (TPSA) is 97.9 Å². The Hall–Kier alpha value is -4.27. The van der Waals surface area contributed by atoms with Crippen molar-refractivity contribution in [2.45, 2.75) is 19.6 Å². The molecule has 4 aromatic rings. The second kappa shape index (κ2) is 9.90. The summed E-state index contributed by atoms with van der Waals surface area (Å²) in [6.07, 6.45) is 5.17. The number of hydrogen-bond donors (Lipinski definition) is 1. The number of aromatic nitrogens is 5. The van der Waals surface area contributed by atoms with Crippen molar-refractivity contribution in [3.63, 3.8) is 0 Å². The maximum absolute atomic E-state index is 12.6. The molecule has 0 saturated carbocycles. The van der Waals surface area contributed by atoms with Crippen molar-refractivity contribution < 1.29 is 9.59 Å². The molecule has 0 spiro atoms. The average Bonchev–Trinajstić information content (AvgIpc) is 3.50. The third-order valence-electron chi connectivity index (χ3n) is 5.19. The minimum atomic E-state index is -0.345. The highest BCUT2D eigenvalue weighted by molar-refractivity contribution is 5.92. The van der Waals surface area contributed by atoms with E-state index >= 15 is 0 Å². The lowest BCUT2D eigenvalue weighted by molar-refractivity contribution is -0.129. The monoisotopic (exact) mass is 443 g/mol. The van der Waals surface area contributed by atoms with Crippen LogP contribution in [0.2, 0.25) is 0 Å². The van der Waals surface area contributed by atoms with Crippen LogP contribution >= 0.6 is 0 Å². The van der Waals surface area contributed by atoms with Gasteiger partial charge in [-0.25, -0.2) is 4.68 Å². The third kappa shape index (κ3) is 5.51. The van der Waals surface area contributed by atoms with Gasteiger partial charge in [0.25, 0.3) is 5.91 Å². The van der Waals surface area contributed by atoms with Crippen LogP contribution in [0, 0.1) is 0 Å². The van der Waals surface area contributed by atoms with E-state index in [1.54, 1.807) is 20.3 Å². The molecule has 0 atom stereocenters. The van der Waals surface area contributed by atoms with Crippen LogP contribution < -0.4 is 5.32 Å². The fraction of sp³-hybridized carbons (Fsp3) is 0.208. The first-order chi connectivity index (χ1) is 16.0. The van der Waals surface area contributed by atoms with Crippen LogP contribution in [0.3, 0.4) is 0 Å². The van der Waals surface area contributed by atoms with E-state index in [2.05, 4.69) is 45.0 Å². The molecule has 2 heterocycles. The third-order valence-corrected chi connectivity index (χ3v) is 5.19. The first kappa shape index (κ1) is 21.9. The van der Waals surface area contributed by atoms with Crippen LogP contribution in [0.4, 0.5) is 0 Å². The number of hydrogen-bond acceptors (Lipinski definition) is 5. The molecule has 9 nitrogen and oxygen atoms in total. The lowest BCUT2D eigenvalue weighted by atomic mass is 9.98. The maximum Gasteiger partial charge on any atom is 0.273 e. The summed E-state index contributed by atoms with van der Waals surface area (Å²) in [5.74, 6) is -0.473. The number of benzene rings is 2. The molecule has 4 rings (SSSR count). The predicted octanol–water partition coefficient (Wildman–Crippen LogP) is 2.21. The van der Waals surface area contributed by atoms with Gasteiger partial charge in [-0.05, 0) is 28.3 Å². The quantitative estimate of drug-likeness (QED) is 0.450. The Morgan fingerprint density at radius 1 is 1.00 bits per heavy atom. The predicted molar refractivity (Wildman–Crippen MR) is 123 cm³/mol. The molecule has 0 aliphatic carbocycles. The molecule has 33 heavy (non-hydrogen) atoms. The molecule has 9 heteroatoms. The van der Waals surface area contributed by atoms with Gasteiger partial charge in [0, 0.05) is 33.0 Å². The number of nitrogens with one attached hydrogen (secondary N) is 1. The molecule has 2 amide bonds. The SMILES string of the molecule is CN(C)C(=O)Cn1cc(C(=O)NCc2ccccc2-c2ccc(Cn3cccn3)cc2)nn1. The highest BCUT2D eigenvalue weighted by Gasteiger charge is 2.14. The minimum absolute atomic E-state index is 0.0342. The second-order valence-electron chi connectivity index (χ2n) is 7.83. The van der Waals surface area contributed by atoms with Gasteiger partial charge in [0.15, 0.2) is 5.69 Å². The summed E-state index contributed by atoms with van der Waals surface area (Å²) >= 11 is 0. The Labute approximate surface area is 191 Å². The number of amides is 2. The fourth-order valence-electron chi connectivity index (χ4n) is 3.35. The second-order valence-corrected chi connectivity index (χ2v) is 7.83. The number of carbonyl (C=O) groups excluding carboxylic acids is 2. The van der Waals surface area contributed by atoms with Gasteiger partial charge in [-0.1, -0.05) is 53.7 Å². The van der Waals surface area contributed by atoms with Crippen LogP contribution in [-0.2, 0) is 24.4 Å². The first-order valence-corrected chi connectivity index (χ1v) is 10.5. The number of nitrogens with zero attached hydrogens (tertiary/aromatic N) is 6. The van der Waals surface area contributed by atoms with E-state index in [-0.39, 0.29) is 24.1 Å². The molecule has 0 saturated heterocycles. The van der Waals surface area contributed by atoms with Crippen LogP contribution in [0.25, 0.3) is 11.1 Å². The summed E-state index contributed by atoms with van der Waals surface area (Å²) in [6.45, 7) is 1.09. The minimum Gasteiger partial charge on any atom is -0.347 e. The normalized spacial score (nSPS) is 10.7. The summed E-state index contributed by atoms with van der Waals surface area (Å²) in [5, 5.41) is 14.9. The molecule has 0 radical (unpaired) electrons. The van der Waals surface area contributed by atoms with Gasteiger partial charge in [-0.2, -0.15) is 5.10 Å². The zero-order valence-corrected chi connectivity index (χ0v) is 18.5. The molecule has 1 N–H and O–H groups in total. The van der Waals surface area contributed by atoms with Crippen molar-refractivity contribution >= 4 is 11.8 Å². The fourth-order valence-corrected chi connectivity index (χ4v) is 3.35. The zero-order valence-electron chi connectivity index (χ0n) is 18.5. The lowest BCUT2D eigenvalue weighted by Crippen LogP contribution is -2.26. The summed E-state index contributed by atoms with van der Waals surface area (Å²) in [5.41, 5.74) is 4.42. The van der Waals surface area contributed by atoms with Crippen LogP contribution in [0.5, 0.6) is 0 Å². The van der Waals surface area contributed by atoms with Crippen molar-refractivity contribution in [3.8, 4) is 11.1 Å². The molecule has 2 aromatic heterocycles. The van der Waals surface area contributed by atoms with E-state index in [0.29, 0.717) is 13.1 Å². The Morgan fingerprint density at radius 2 is 1.79 bits per heavy atom. The van der Waals surface area contributed by atoms with Gasteiger partial charge in [0.2, 0.25) is 5.91 Å². The summed E-state index contributed by atoms with van der Waals surface area (Å²) in [7, 11) is 3.33. The van der Waals surface area contributed by atoms with Crippen LogP contribution in [0.1, 0.15) is 21.6 Å². The first-order valence-electron chi connectivity index (χ1n) is 10.5. The smallest absolute Gasteiger partial charge is 0.273 e. The van der Waals surface area contributed by atoms with E-state index in [1.165, 1.54) is 15.8 Å². The Kier molecular flexibility index (Phi) is 6.58. The van der Waals surface area contributed by atoms with Crippen molar-refractivity contribution in [2.24, 2.45) is 0 Å². The van der Waals surface area contributed by atoms with E-state index in [9.17, 15) is 9.59 Å². The van der Waals surface area contributed by atoms with Crippen molar-refractivity contribution in [1.82, 2.24) is 35.0 Å². The van der Waals surface area contributed by atoms with Gasteiger partial charge < -0.3 is 10.2 Å². The molecule has 0 fully saturated rings. The Balaban J connectivity index is 1.41. The number of likely N-dealkylation sites (N-methyl/N-ethyl adjacent to an activating group) is 1. The van der Waals surface area contributed by atoms with Crippen LogP contribution in [0.15, 0.2) is 73.2 Å². The standard InChI is InChI=1S/C24H25N7O2/c1-29(2)23(32)17-31-16-22(27-28-31)24(33)25-14-20-6-3-4-7-21(20)19-10-8-18(9-11-19)15-30-13-5-12-26-30/h3-13,16H,14-15,17H2,1-2H3,(H,25,33). The van der Waals surface area contributed by atoms with Gasteiger partial charge in [0.05, 0.1) is 12.7 Å². The molecule has 2 aromatic carbocycles. The average molecular weight is 444 g/mol. The largest absolute Gasteiger partial charge is 0.347 e. The van der Waals surface area contributed by atoms with Crippen molar-refractivity contribution in [3.05, 3.63) is 90.0 Å². The Morgan fingerprint density at radius 3 is 2.52 bits per heavy atom. The molecular formula is C24H25N7O2. The lowest BCUT2D eigenvalue weighted by Gasteiger charge is -2.11. The molecule has 168 valence electrons.